The molecule has 0 spiro atoms. The Morgan fingerprint density at radius 3 is 1.63 bits per heavy atom. The maximum absolute atomic E-state index is 11.8. The number of hydrogen-bond donors (Lipinski definition) is 1. The van der Waals surface area contributed by atoms with Crippen molar-refractivity contribution in [1.29, 1.82) is 0 Å². The average Bonchev–Trinajstić information content (AvgIpc) is 2.65. The molecule has 1 unspecified atom stereocenters. The van der Waals surface area contributed by atoms with Crippen LogP contribution in [0.5, 0.6) is 0 Å². The molecule has 1 N–H and O–H groups in total. The molecular weight excluding hydrogens is 378 g/mol. The minimum Gasteiger partial charge on any atom is -0.544 e. The van der Waals surface area contributed by atoms with Gasteiger partial charge < -0.3 is 19.5 Å². The SMILES string of the molecule is CCCCCCCC/C=C\CCCCCCCCC(CC(=O)O)(C(=O)[O-])[N+](C)(C)C. The Bertz CT molecular complexity index is 496. The lowest BCUT2D eigenvalue weighted by atomic mass is 9.85. The Morgan fingerprint density at radius 1 is 0.800 bits per heavy atom. The molecule has 0 aromatic heterocycles. The summed E-state index contributed by atoms with van der Waals surface area (Å²) in [6.07, 6.45) is 21.3. The summed E-state index contributed by atoms with van der Waals surface area (Å²) in [6, 6.07) is 0. The number of quaternary nitrogens is 1. The molecule has 0 rings (SSSR count). The van der Waals surface area contributed by atoms with Crippen LogP contribution < -0.4 is 5.11 Å². The first-order valence-corrected chi connectivity index (χ1v) is 12.1. The van der Waals surface area contributed by atoms with Crippen LogP contribution in [0.25, 0.3) is 0 Å². The number of unbranched alkanes of at least 4 members (excludes halogenated alkanes) is 12. The molecule has 0 saturated carbocycles. The fourth-order valence-corrected chi connectivity index (χ4v) is 4.02. The van der Waals surface area contributed by atoms with Crippen molar-refractivity contribution in [3.8, 4) is 0 Å². The van der Waals surface area contributed by atoms with E-state index in [0.717, 1.165) is 32.1 Å². The number of rotatable bonds is 20. The van der Waals surface area contributed by atoms with Crippen molar-refractivity contribution in [2.75, 3.05) is 21.1 Å². The van der Waals surface area contributed by atoms with Crippen LogP contribution in [0, 0.1) is 0 Å². The summed E-state index contributed by atoms with van der Waals surface area (Å²) in [5.41, 5.74) is -1.37. The molecule has 0 aliphatic carbocycles. The second-order valence-electron chi connectivity index (χ2n) is 9.59. The van der Waals surface area contributed by atoms with Crippen molar-refractivity contribution >= 4 is 11.9 Å². The zero-order valence-corrected chi connectivity index (χ0v) is 20.1. The molecule has 0 aromatic rings. The molecular formula is C25H47NO4. The van der Waals surface area contributed by atoms with Crippen LogP contribution in [-0.4, -0.2) is 48.2 Å². The van der Waals surface area contributed by atoms with Crippen LogP contribution in [0.2, 0.25) is 0 Å². The van der Waals surface area contributed by atoms with Gasteiger partial charge in [0.05, 0.1) is 21.1 Å². The number of allylic oxidation sites excluding steroid dienone is 2. The van der Waals surface area contributed by atoms with Crippen LogP contribution in [0.3, 0.4) is 0 Å². The summed E-state index contributed by atoms with van der Waals surface area (Å²) in [5, 5.41) is 21.0. The number of carboxylic acid groups (broad SMARTS) is 2. The van der Waals surface area contributed by atoms with E-state index in [1.807, 2.05) is 0 Å². The number of carbonyl (C=O) groups excluding carboxylic acids is 1. The minimum atomic E-state index is -1.37. The Balaban J connectivity index is 3.88. The maximum Gasteiger partial charge on any atom is 0.310 e. The van der Waals surface area contributed by atoms with E-state index in [9.17, 15) is 19.8 Å². The van der Waals surface area contributed by atoms with Gasteiger partial charge in [-0.2, -0.15) is 0 Å². The van der Waals surface area contributed by atoms with Crippen LogP contribution in [0.1, 0.15) is 110 Å². The number of aliphatic carboxylic acids is 2. The van der Waals surface area contributed by atoms with Gasteiger partial charge in [0.2, 0.25) is 0 Å². The maximum atomic E-state index is 11.8. The van der Waals surface area contributed by atoms with Crippen molar-refractivity contribution in [3.63, 3.8) is 0 Å². The predicted molar refractivity (Wildman–Crippen MR) is 122 cm³/mol. The van der Waals surface area contributed by atoms with E-state index in [2.05, 4.69) is 19.1 Å². The fourth-order valence-electron chi connectivity index (χ4n) is 4.02. The summed E-state index contributed by atoms with van der Waals surface area (Å²) in [6.45, 7) is 2.25. The third-order valence-electron chi connectivity index (χ3n) is 6.21. The lowest BCUT2D eigenvalue weighted by Gasteiger charge is -2.46. The summed E-state index contributed by atoms with van der Waals surface area (Å²) in [7, 11) is 5.20. The van der Waals surface area contributed by atoms with E-state index in [-0.39, 0.29) is 4.48 Å². The van der Waals surface area contributed by atoms with Crippen LogP contribution in [0.15, 0.2) is 12.2 Å². The highest BCUT2D eigenvalue weighted by molar-refractivity contribution is 5.82. The largest absolute Gasteiger partial charge is 0.544 e. The lowest BCUT2D eigenvalue weighted by molar-refractivity contribution is -0.916. The molecule has 0 saturated heterocycles. The molecule has 0 aromatic carbocycles. The van der Waals surface area contributed by atoms with E-state index in [1.165, 1.54) is 57.8 Å². The van der Waals surface area contributed by atoms with Crippen LogP contribution >= 0.6 is 0 Å². The molecule has 30 heavy (non-hydrogen) atoms. The lowest BCUT2D eigenvalue weighted by Crippen LogP contribution is -2.66. The number of carboxylic acids is 2. The first-order chi connectivity index (χ1) is 14.2. The number of likely N-dealkylation sites (N-methyl/N-ethyl adjacent to an activating group) is 1. The molecule has 0 heterocycles. The van der Waals surface area contributed by atoms with Crippen molar-refractivity contribution < 1.29 is 24.3 Å². The van der Waals surface area contributed by atoms with Gasteiger partial charge in [0.25, 0.3) is 0 Å². The Labute approximate surface area is 185 Å². The minimum absolute atomic E-state index is 0.0622. The molecule has 0 bridgehead atoms. The Hall–Kier alpha value is -1.36. The van der Waals surface area contributed by atoms with Crippen LogP contribution in [-0.2, 0) is 9.59 Å². The Morgan fingerprint density at radius 2 is 1.23 bits per heavy atom. The van der Waals surface area contributed by atoms with Gasteiger partial charge in [-0.15, -0.1) is 0 Å². The number of carbonyl (C=O) groups is 2. The molecule has 0 aliphatic heterocycles. The second-order valence-corrected chi connectivity index (χ2v) is 9.59. The van der Waals surface area contributed by atoms with E-state index in [1.54, 1.807) is 21.1 Å². The molecule has 5 heteroatoms. The highest BCUT2D eigenvalue weighted by Crippen LogP contribution is 2.29. The van der Waals surface area contributed by atoms with Gasteiger partial charge in [-0.3, -0.25) is 4.79 Å². The molecule has 1 atom stereocenters. The van der Waals surface area contributed by atoms with Gasteiger partial charge in [0.1, 0.15) is 17.9 Å². The number of nitrogens with zero attached hydrogens (tertiary/aromatic N) is 1. The molecule has 0 fully saturated rings. The van der Waals surface area contributed by atoms with E-state index < -0.39 is 23.9 Å². The van der Waals surface area contributed by atoms with Gasteiger partial charge in [-0.05, 0) is 32.1 Å². The summed E-state index contributed by atoms with van der Waals surface area (Å²) >= 11 is 0. The standard InChI is InChI=1S/C25H47NO4/c1-5-6-7-8-9-10-11-12-13-14-15-16-17-18-19-20-21-25(24(29)30,22-23(27)28)26(2,3)4/h12-13H,5-11,14-22H2,1-4H3,(H-,27,28,29,30)/b13-12-. The van der Waals surface area contributed by atoms with Gasteiger partial charge in [-0.1, -0.05) is 76.9 Å². The highest BCUT2D eigenvalue weighted by Gasteiger charge is 2.46. The van der Waals surface area contributed by atoms with Gasteiger partial charge in [0, 0.05) is 6.42 Å². The smallest absolute Gasteiger partial charge is 0.310 e. The highest BCUT2D eigenvalue weighted by atomic mass is 16.4. The first-order valence-electron chi connectivity index (χ1n) is 12.1. The number of hydrogen-bond acceptors (Lipinski definition) is 3. The van der Waals surface area contributed by atoms with E-state index in [4.69, 9.17) is 0 Å². The zero-order valence-electron chi connectivity index (χ0n) is 20.1. The normalized spacial score (nSPS) is 14.1. The molecule has 176 valence electrons. The van der Waals surface area contributed by atoms with Gasteiger partial charge >= 0.3 is 5.97 Å². The second kappa shape index (κ2) is 16.3. The quantitative estimate of drug-likeness (QED) is 0.168. The predicted octanol–water partition coefficient (Wildman–Crippen LogP) is 5.08. The first kappa shape index (κ1) is 28.6. The summed E-state index contributed by atoms with van der Waals surface area (Å²) in [5.74, 6) is -2.35. The molecule has 5 nitrogen and oxygen atoms in total. The van der Waals surface area contributed by atoms with Crippen molar-refractivity contribution in [1.82, 2.24) is 0 Å². The monoisotopic (exact) mass is 425 g/mol. The molecule has 0 radical (unpaired) electrons. The molecule has 0 amide bonds. The van der Waals surface area contributed by atoms with Crippen molar-refractivity contribution in [3.05, 3.63) is 12.2 Å². The van der Waals surface area contributed by atoms with E-state index in [0.29, 0.717) is 6.42 Å². The van der Waals surface area contributed by atoms with Gasteiger partial charge in [-0.25, -0.2) is 0 Å². The fraction of sp³-hybridized carbons (Fsp3) is 0.840. The summed E-state index contributed by atoms with van der Waals surface area (Å²) in [4.78, 5) is 23.0. The zero-order chi connectivity index (χ0) is 22.9. The third kappa shape index (κ3) is 12.4. The van der Waals surface area contributed by atoms with Crippen LogP contribution in [0.4, 0.5) is 0 Å². The topological polar surface area (TPSA) is 77.4 Å². The van der Waals surface area contributed by atoms with Crippen molar-refractivity contribution in [2.24, 2.45) is 0 Å². The third-order valence-corrected chi connectivity index (χ3v) is 6.21. The van der Waals surface area contributed by atoms with Crippen molar-refractivity contribution in [2.45, 2.75) is 115 Å². The average molecular weight is 426 g/mol. The van der Waals surface area contributed by atoms with Gasteiger partial charge in [0.15, 0.2) is 0 Å². The summed E-state index contributed by atoms with van der Waals surface area (Å²) < 4.78 is 0.0622. The van der Waals surface area contributed by atoms with E-state index >= 15 is 0 Å². The molecule has 0 aliphatic rings. The Kier molecular flexibility index (Phi) is 15.6.